The SMILES string of the molecule is Cc1cc(C2(c3ccc(N=C=O)c(C(C)(C)c4ccccc4)c3)c3ccccc3-c3ccccc32)ccc1N=C=O. The van der Waals surface area contributed by atoms with Crippen molar-refractivity contribution in [2.75, 3.05) is 0 Å². The van der Waals surface area contributed by atoms with Crippen molar-refractivity contribution in [3.8, 4) is 11.1 Å². The number of fused-ring (bicyclic) bond motifs is 3. The molecule has 0 radical (unpaired) electrons. The van der Waals surface area contributed by atoms with E-state index >= 15 is 0 Å². The molecule has 0 bridgehead atoms. The lowest BCUT2D eigenvalue weighted by Gasteiger charge is -2.36. The summed E-state index contributed by atoms with van der Waals surface area (Å²) in [5, 5.41) is 0. The molecule has 0 N–H and O–H groups in total. The Bertz CT molecular complexity index is 1850. The van der Waals surface area contributed by atoms with E-state index in [4.69, 9.17) is 0 Å². The molecule has 41 heavy (non-hydrogen) atoms. The molecule has 0 aliphatic heterocycles. The zero-order chi connectivity index (χ0) is 28.6. The van der Waals surface area contributed by atoms with E-state index < -0.39 is 10.8 Å². The van der Waals surface area contributed by atoms with Crippen LogP contribution >= 0.6 is 0 Å². The van der Waals surface area contributed by atoms with Gasteiger partial charge in [-0.25, -0.2) is 9.59 Å². The molecule has 0 aromatic heterocycles. The zero-order valence-electron chi connectivity index (χ0n) is 23.2. The lowest BCUT2D eigenvalue weighted by Crippen LogP contribution is -2.30. The predicted molar refractivity (Wildman–Crippen MR) is 163 cm³/mol. The number of aliphatic imine (C=N–C) groups is 2. The van der Waals surface area contributed by atoms with Gasteiger partial charge in [0, 0.05) is 5.41 Å². The Hall–Kier alpha value is -5.14. The second-order valence-electron chi connectivity index (χ2n) is 11.0. The van der Waals surface area contributed by atoms with Crippen LogP contribution in [0.3, 0.4) is 0 Å². The molecule has 6 rings (SSSR count). The summed E-state index contributed by atoms with van der Waals surface area (Å²) >= 11 is 0. The monoisotopic (exact) mass is 532 g/mol. The quantitative estimate of drug-likeness (QED) is 0.159. The smallest absolute Gasteiger partial charge is 0.211 e. The normalized spacial score (nSPS) is 13.0. The highest BCUT2D eigenvalue weighted by molar-refractivity contribution is 5.86. The lowest BCUT2D eigenvalue weighted by molar-refractivity contribution is 0.564. The fraction of sp³-hybridized carbons (Fsp3) is 0.135. The number of aryl methyl sites for hydroxylation is 1. The van der Waals surface area contributed by atoms with Gasteiger partial charge >= 0.3 is 0 Å². The summed E-state index contributed by atoms with van der Waals surface area (Å²) in [6.07, 6.45) is 3.45. The number of rotatable bonds is 6. The summed E-state index contributed by atoms with van der Waals surface area (Å²) in [7, 11) is 0. The van der Waals surface area contributed by atoms with Crippen LogP contribution in [0.5, 0.6) is 0 Å². The highest BCUT2D eigenvalue weighted by atomic mass is 16.1. The Morgan fingerprint density at radius 1 is 0.610 bits per heavy atom. The van der Waals surface area contributed by atoms with Crippen molar-refractivity contribution in [3.63, 3.8) is 0 Å². The maximum atomic E-state index is 11.5. The molecule has 0 saturated carbocycles. The average Bonchev–Trinajstić information content (AvgIpc) is 3.30. The van der Waals surface area contributed by atoms with E-state index in [-0.39, 0.29) is 0 Å². The third kappa shape index (κ3) is 4.01. The van der Waals surface area contributed by atoms with Gasteiger partial charge in [-0.3, -0.25) is 0 Å². The highest BCUT2D eigenvalue weighted by Crippen LogP contribution is 2.57. The molecule has 0 heterocycles. The van der Waals surface area contributed by atoms with Crippen LogP contribution in [0.2, 0.25) is 0 Å². The number of hydrogen-bond donors (Lipinski definition) is 0. The minimum absolute atomic E-state index is 0.454. The lowest BCUT2D eigenvalue weighted by atomic mass is 9.66. The second-order valence-corrected chi connectivity index (χ2v) is 11.0. The van der Waals surface area contributed by atoms with E-state index in [2.05, 4.69) is 109 Å². The van der Waals surface area contributed by atoms with Crippen molar-refractivity contribution in [1.82, 2.24) is 0 Å². The van der Waals surface area contributed by atoms with Crippen LogP contribution in [0.15, 0.2) is 125 Å². The van der Waals surface area contributed by atoms with E-state index in [1.807, 2.05) is 37.3 Å². The number of benzene rings is 5. The van der Waals surface area contributed by atoms with Gasteiger partial charge in [0.1, 0.15) is 0 Å². The fourth-order valence-corrected chi connectivity index (χ4v) is 6.51. The van der Waals surface area contributed by atoms with Crippen LogP contribution in [-0.4, -0.2) is 12.2 Å². The first-order valence-electron chi connectivity index (χ1n) is 13.6. The highest BCUT2D eigenvalue weighted by Gasteiger charge is 2.46. The molecule has 1 aliphatic carbocycles. The number of carbonyl (C=O) groups excluding carboxylic acids is 2. The zero-order valence-corrected chi connectivity index (χ0v) is 23.2. The van der Waals surface area contributed by atoms with Crippen LogP contribution in [0.25, 0.3) is 11.1 Å². The van der Waals surface area contributed by atoms with Crippen LogP contribution in [0, 0.1) is 6.92 Å². The van der Waals surface area contributed by atoms with Gasteiger partial charge in [0.2, 0.25) is 12.2 Å². The Kier molecular flexibility index (Phi) is 6.44. The molecule has 198 valence electrons. The summed E-state index contributed by atoms with van der Waals surface area (Å²) in [5.41, 5.74) is 9.83. The summed E-state index contributed by atoms with van der Waals surface area (Å²) < 4.78 is 0. The largest absolute Gasteiger partial charge is 0.240 e. The molecular weight excluding hydrogens is 504 g/mol. The molecule has 0 saturated heterocycles. The van der Waals surface area contributed by atoms with Gasteiger partial charge in [-0.2, -0.15) is 9.98 Å². The number of nitrogens with zero attached hydrogens (tertiary/aromatic N) is 2. The maximum Gasteiger partial charge on any atom is 0.240 e. The van der Waals surface area contributed by atoms with E-state index in [0.29, 0.717) is 11.4 Å². The van der Waals surface area contributed by atoms with Crippen molar-refractivity contribution in [3.05, 3.63) is 154 Å². The molecule has 0 fully saturated rings. The molecule has 0 atom stereocenters. The summed E-state index contributed by atoms with van der Waals surface area (Å²) in [5.74, 6) is 0. The molecule has 1 aliphatic rings. The first-order valence-corrected chi connectivity index (χ1v) is 13.6. The van der Waals surface area contributed by atoms with E-state index in [1.54, 1.807) is 12.2 Å². The molecular formula is C37H28N2O2. The van der Waals surface area contributed by atoms with Gasteiger partial charge in [-0.15, -0.1) is 0 Å². The maximum absolute atomic E-state index is 11.5. The van der Waals surface area contributed by atoms with Crippen molar-refractivity contribution >= 4 is 23.5 Å². The van der Waals surface area contributed by atoms with Crippen LogP contribution in [-0.2, 0) is 20.4 Å². The molecule has 4 heteroatoms. The minimum Gasteiger partial charge on any atom is -0.211 e. The first-order chi connectivity index (χ1) is 19.9. The number of hydrogen-bond acceptors (Lipinski definition) is 4. The van der Waals surface area contributed by atoms with Gasteiger partial charge in [0.05, 0.1) is 16.8 Å². The van der Waals surface area contributed by atoms with E-state index in [1.165, 1.54) is 22.3 Å². The molecule has 0 amide bonds. The van der Waals surface area contributed by atoms with Crippen molar-refractivity contribution < 1.29 is 9.59 Å². The predicted octanol–water partition coefficient (Wildman–Crippen LogP) is 8.62. The Labute approximate surface area is 239 Å². The third-order valence-corrected chi connectivity index (χ3v) is 8.51. The summed E-state index contributed by atoms with van der Waals surface area (Å²) in [6, 6.07) is 39.6. The van der Waals surface area contributed by atoms with Gasteiger partial charge < -0.3 is 0 Å². The fourth-order valence-electron chi connectivity index (χ4n) is 6.51. The van der Waals surface area contributed by atoms with Crippen LogP contribution in [0.4, 0.5) is 11.4 Å². The summed E-state index contributed by atoms with van der Waals surface area (Å²) in [4.78, 5) is 30.7. The van der Waals surface area contributed by atoms with Crippen molar-refractivity contribution in [2.24, 2.45) is 9.98 Å². The van der Waals surface area contributed by atoms with Crippen molar-refractivity contribution in [1.29, 1.82) is 0 Å². The Morgan fingerprint density at radius 3 is 1.71 bits per heavy atom. The number of isocyanates is 2. The standard InChI is InChI=1S/C37H28N2O2/c1-25-21-27(17-19-34(25)38-23-40)37(31-15-9-7-13-29(31)30-14-8-10-16-32(30)37)28-18-20-35(39-24-41)33(22-28)36(2,3)26-11-5-4-6-12-26/h4-22H,1-3H3. The molecule has 4 nitrogen and oxygen atoms in total. The molecule has 5 aromatic carbocycles. The minimum atomic E-state index is -0.660. The first kappa shape index (κ1) is 26.1. The van der Waals surface area contributed by atoms with Gasteiger partial charge in [0.25, 0.3) is 0 Å². The molecule has 0 spiro atoms. The summed E-state index contributed by atoms with van der Waals surface area (Å²) in [6.45, 7) is 6.28. The Morgan fingerprint density at radius 2 is 1.12 bits per heavy atom. The van der Waals surface area contributed by atoms with Crippen molar-refractivity contribution in [2.45, 2.75) is 31.6 Å². The molecule has 0 unspecified atom stereocenters. The Balaban J connectivity index is 1.73. The van der Waals surface area contributed by atoms with E-state index in [9.17, 15) is 9.59 Å². The van der Waals surface area contributed by atoms with Gasteiger partial charge in [-0.05, 0) is 69.1 Å². The second kappa shape index (κ2) is 10.1. The molecule has 5 aromatic rings. The van der Waals surface area contributed by atoms with Gasteiger partial charge in [-0.1, -0.05) is 117 Å². The topological polar surface area (TPSA) is 58.9 Å². The van der Waals surface area contributed by atoms with Crippen LogP contribution in [0.1, 0.15) is 52.8 Å². The third-order valence-electron chi connectivity index (χ3n) is 8.51. The van der Waals surface area contributed by atoms with Crippen LogP contribution < -0.4 is 0 Å². The van der Waals surface area contributed by atoms with Gasteiger partial charge in [0.15, 0.2) is 0 Å². The van der Waals surface area contributed by atoms with E-state index in [0.717, 1.165) is 27.8 Å². The average molecular weight is 533 g/mol.